The first-order chi connectivity index (χ1) is 7.89. The minimum atomic E-state index is 0.172. The van der Waals surface area contributed by atoms with Crippen LogP contribution in [-0.2, 0) is 4.79 Å². The normalized spacial score (nSPS) is 23.9. The summed E-state index contributed by atoms with van der Waals surface area (Å²) < 4.78 is 0. The van der Waals surface area contributed by atoms with Crippen LogP contribution in [-0.4, -0.2) is 5.91 Å². The Morgan fingerprint density at radius 1 is 0.812 bits per heavy atom. The molecule has 1 N–H and O–H groups in total. The van der Waals surface area contributed by atoms with Crippen molar-refractivity contribution in [2.24, 2.45) is 0 Å². The second-order valence-corrected chi connectivity index (χ2v) is 4.69. The first-order valence-corrected chi connectivity index (χ1v) is 6.84. The highest BCUT2D eigenvalue weighted by molar-refractivity contribution is 5.76. The van der Waals surface area contributed by atoms with E-state index in [1.54, 1.807) is 0 Å². The van der Waals surface area contributed by atoms with E-state index in [0.717, 1.165) is 12.8 Å². The van der Waals surface area contributed by atoms with E-state index in [-0.39, 0.29) is 5.91 Å². The minimum Gasteiger partial charge on any atom is -0.333 e. The van der Waals surface area contributed by atoms with E-state index in [0.29, 0.717) is 6.42 Å². The van der Waals surface area contributed by atoms with Crippen molar-refractivity contribution in [2.45, 2.75) is 70.6 Å². The molecule has 1 amide bonds. The van der Waals surface area contributed by atoms with Crippen LogP contribution in [0.4, 0.5) is 0 Å². The molecule has 0 atom stereocenters. The van der Waals surface area contributed by atoms with Crippen molar-refractivity contribution in [3.8, 4) is 0 Å². The molecule has 1 aliphatic heterocycles. The fourth-order valence-corrected chi connectivity index (χ4v) is 2.09. The lowest BCUT2D eigenvalue weighted by molar-refractivity contribution is -0.120. The number of allylic oxidation sites excluding steroid dienone is 1. The first kappa shape index (κ1) is 13.3. The maximum Gasteiger partial charge on any atom is 0.223 e. The summed E-state index contributed by atoms with van der Waals surface area (Å²) in [4.78, 5) is 11.4. The molecule has 0 fully saturated rings. The van der Waals surface area contributed by atoms with Crippen LogP contribution in [0.15, 0.2) is 12.3 Å². The van der Waals surface area contributed by atoms with Crippen LogP contribution >= 0.6 is 0 Å². The Labute approximate surface area is 99.5 Å². The maximum absolute atomic E-state index is 11.4. The van der Waals surface area contributed by atoms with Crippen molar-refractivity contribution in [1.29, 1.82) is 0 Å². The van der Waals surface area contributed by atoms with Gasteiger partial charge in [-0.15, -0.1) is 0 Å². The topological polar surface area (TPSA) is 29.1 Å². The number of hydrogen-bond acceptors (Lipinski definition) is 1. The predicted molar refractivity (Wildman–Crippen MR) is 68.1 cm³/mol. The Hall–Kier alpha value is -0.790. The molecule has 0 aromatic carbocycles. The lowest BCUT2D eigenvalue weighted by Crippen LogP contribution is -2.16. The molecule has 0 unspecified atom stereocenters. The fraction of sp³-hybridized carbons (Fsp3) is 0.786. The molecule has 1 rings (SSSR count). The van der Waals surface area contributed by atoms with Crippen LogP contribution in [0, 0.1) is 0 Å². The zero-order valence-electron chi connectivity index (χ0n) is 10.3. The molecule has 2 nitrogen and oxygen atoms in total. The van der Waals surface area contributed by atoms with E-state index in [1.807, 2.05) is 6.20 Å². The zero-order chi connectivity index (χ0) is 11.5. The van der Waals surface area contributed by atoms with E-state index < -0.39 is 0 Å². The smallest absolute Gasteiger partial charge is 0.223 e. The average Bonchev–Trinajstić information content (AvgIpc) is 2.29. The molecule has 0 saturated heterocycles. The summed E-state index contributed by atoms with van der Waals surface area (Å²) in [5, 5.41) is 2.83. The number of carbonyl (C=O) groups is 1. The van der Waals surface area contributed by atoms with Gasteiger partial charge in [-0.25, -0.2) is 0 Å². The van der Waals surface area contributed by atoms with Crippen LogP contribution in [0.25, 0.3) is 0 Å². The molecule has 0 bridgehead atoms. The summed E-state index contributed by atoms with van der Waals surface area (Å²) >= 11 is 0. The highest BCUT2D eigenvalue weighted by Gasteiger charge is 1.99. The molecule has 1 aliphatic rings. The molecular formula is C14H25NO. The minimum absolute atomic E-state index is 0.172. The summed E-state index contributed by atoms with van der Waals surface area (Å²) in [5.41, 5.74) is 0. The van der Waals surface area contributed by atoms with Gasteiger partial charge < -0.3 is 5.32 Å². The van der Waals surface area contributed by atoms with E-state index >= 15 is 0 Å². The first-order valence-electron chi connectivity index (χ1n) is 6.84. The van der Waals surface area contributed by atoms with Crippen LogP contribution < -0.4 is 5.32 Å². The number of carbonyl (C=O) groups excluding carboxylic acids is 1. The van der Waals surface area contributed by atoms with Crippen molar-refractivity contribution in [3.63, 3.8) is 0 Å². The molecule has 16 heavy (non-hydrogen) atoms. The van der Waals surface area contributed by atoms with E-state index in [2.05, 4.69) is 11.4 Å². The van der Waals surface area contributed by atoms with Gasteiger partial charge in [0.15, 0.2) is 0 Å². The second kappa shape index (κ2) is 9.44. The summed E-state index contributed by atoms with van der Waals surface area (Å²) in [7, 11) is 0. The van der Waals surface area contributed by atoms with E-state index in [1.165, 1.54) is 51.4 Å². The molecule has 0 aliphatic carbocycles. The molecule has 2 heteroatoms. The van der Waals surface area contributed by atoms with Gasteiger partial charge in [0.1, 0.15) is 0 Å². The third-order valence-electron chi connectivity index (χ3n) is 3.14. The van der Waals surface area contributed by atoms with Crippen LogP contribution in [0.2, 0.25) is 0 Å². The molecule has 1 heterocycles. The van der Waals surface area contributed by atoms with Crippen LogP contribution in [0.1, 0.15) is 70.6 Å². The largest absolute Gasteiger partial charge is 0.333 e. The van der Waals surface area contributed by atoms with Gasteiger partial charge in [-0.1, -0.05) is 51.0 Å². The molecule has 0 radical (unpaired) electrons. The van der Waals surface area contributed by atoms with Crippen molar-refractivity contribution in [1.82, 2.24) is 5.32 Å². The summed E-state index contributed by atoms with van der Waals surface area (Å²) in [6.07, 6.45) is 17.3. The zero-order valence-corrected chi connectivity index (χ0v) is 10.3. The van der Waals surface area contributed by atoms with Gasteiger partial charge in [-0.2, -0.15) is 0 Å². The lowest BCUT2D eigenvalue weighted by atomic mass is 10.1. The predicted octanol–water partition coefficient (Wildman–Crippen LogP) is 3.92. The number of rotatable bonds is 0. The van der Waals surface area contributed by atoms with Gasteiger partial charge in [0.05, 0.1) is 0 Å². The van der Waals surface area contributed by atoms with Crippen molar-refractivity contribution < 1.29 is 4.79 Å². The van der Waals surface area contributed by atoms with Gasteiger partial charge in [-0.05, 0) is 25.5 Å². The molecule has 0 aromatic heterocycles. The summed E-state index contributed by atoms with van der Waals surface area (Å²) in [6.45, 7) is 0. The van der Waals surface area contributed by atoms with Crippen molar-refractivity contribution >= 4 is 5.91 Å². The number of nitrogens with one attached hydrogen (secondary N) is 1. The molecular weight excluding hydrogens is 198 g/mol. The van der Waals surface area contributed by atoms with Gasteiger partial charge in [0, 0.05) is 6.42 Å². The Kier molecular flexibility index (Phi) is 7.83. The average molecular weight is 223 g/mol. The van der Waals surface area contributed by atoms with Gasteiger partial charge in [-0.3, -0.25) is 4.79 Å². The molecule has 92 valence electrons. The van der Waals surface area contributed by atoms with Gasteiger partial charge >= 0.3 is 0 Å². The summed E-state index contributed by atoms with van der Waals surface area (Å²) in [5.74, 6) is 0.172. The monoisotopic (exact) mass is 223 g/mol. The van der Waals surface area contributed by atoms with E-state index in [9.17, 15) is 4.79 Å². The molecule has 0 aromatic rings. The highest BCUT2D eigenvalue weighted by Crippen LogP contribution is 2.11. The lowest BCUT2D eigenvalue weighted by Gasteiger charge is -2.01. The third-order valence-corrected chi connectivity index (χ3v) is 3.14. The second-order valence-electron chi connectivity index (χ2n) is 4.69. The van der Waals surface area contributed by atoms with Crippen molar-refractivity contribution in [2.75, 3.05) is 0 Å². The number of hydrogen-bond donors (Lipinski definition) is 1. The molecule has 0 spiro atoms. The van der Waals surface area contributed by atoms with Crippen molar-refractivity contribution in [3.05, 3.63) is 12.3 Å². The fourth-order valence-electron chi connectivity index (χ4n) is 2.09. The molecule has 0 saturated carbocycles. The van der Waals surface area contributed by atoms with E-state index in [4.69, 9.17) is 0 Å². The van der Waals surface area contributed by atoms with Crippen LogP contribution in [0.3, 0.4) is 0 Å². The Morgan fingerprint density at radius 3 is 2.06 bits per heavy atom. The summed E-state index contributed by atoms with van der Waals surface area (Å²) in [6, 6.07) is 0. The standard InChI is InChI=1S/C14H25NO/c16-14-12-10-8-6-4-2-1-3-5-7-9-11-13-15-14/h11,13H,1-10,12H2,(H,15,16)/b13-11+. The quantitative estimate of drug-likeness (QED) is 0.662. The third kappa shape index (κ3) is 7.49. The van der Waals surface area contributed by atoms with Gasteiger partial charge in [0.2, 0.25) is 5.91 Å². The maximum atomic E-state index is 11.4. The Bertz CT molecular complexity index is 211. The highest BCUT2D eigenvalue weighted by atomic mass is 16.1. The Balaban J connectivity index is 2.21. The van der Waals surface area contributed by atoms with Gasteiger partial charge in [0.25, 0.3) is 0 Å². The Morgan fingerprint density at radius 2 is 1.38 bits per heavy atom. The number of amides is 1. The SMILES string of the molecule is O=C1CCCCCCCCCCC/C=C/N1. The van der Waals surface area contributed by atoms with Crippen LogP contribution in [0.5, 0.6) is 0 Å².